The second-order valence-electron chi connectivity index (χ2n) is 4.78. The minimum Gasteiger partial charge on any atom is -0.467 e. The summed E-state index contributed by atoms with van der Waals surface area (Å²) in [4.78, 5) is 11.8. The first kappa shape index (κ1) is 14.1. The Morgan fingerprint density at radius 1 is 1.53 bits per heavy atom. The highest BCUT2D eigenvalue weighted by molar-refractivity contribution is 5.81. The predicted octanol–water partition coefficient (Wildman–Crippen LogP) is 1.44. The molecule has 1 saturated heterocycles. The molecule has 1 aliphatic rings. The van der Waals surface area contributed by atoms with Gasteiger partial charge in [-0.25, -0.2) is 0 Å². The van der Waals surface area contributed by atoms with Crippen LogP contribution >= 0.6 is 0 Å². The van der Waals surface area contributed by atoms with Crippen molar-refractivity contribution in [2.75, 3.05) is 19.7 Å². The van der Waals surface area contributed by atoms with Gasteiger partial charge in [0.05, 0.1) is 12.3 Å². The van der Waals surface area contributed by atoms with E-state index in [1.807, 2.05) is 12.1 Å². The van der Waals surface area contributed by atoms with Crippen LogP contribution in [0.15, 0.2) is 22.8 Å². The molecule has 5 nitrogen and oxygen atoms in total. The SMILES string of the molecule is O=C(NCCCOCc1ccco1)[C@H]1CCCCN1. The van der Waals surface area contributed by atoms with Crippen LogP contribution in [0.2, 0.25) is 0 Å². The van der Waals surface area contributed by atoms with Crippen molar-refractivity contribution in [1.29, 1.82) is 0 Å². The molecule has 2 rings (SSSR count). The summed E-state index contributed by atoms with van der Waals surface area (Å²) in [5.74, 6) is 0.946. The Hall–Kier alpha value is -1.33. The maximum atomic E-state index is 11.8. The third-order valence-electron chi connectivity index (χ3n) is 3.22. The van der Waals surface area contributed by atoms with Gasteiger partial charge in [0, 0.05) is 13.2 Å². The first-order valence-electron chi connectivity index (χ1n) is 6.97. The second-order valence-corrected chi connectivity index (χ2v) is 4.78. The number of hydrogen-bond acceptors (Lipinski definition) is 4. The Morgan fingerprint density at radius 2 is 2.47 bits per heavy atom. The van der Waals surface area contributed by atoms with Gasteiger partial charge in [0.25, 0.3) is 0 Å². The van der Waals surface area contributed by atoms with Gasteiger partial charge in [-0.05, 0) is 37.9 Å². The average molecular weight is 266 g/mol. The summed E-state index contributed by atoms with van der Waals surface area (Å²) in [6.07, 6.45) is 5.71. The molecule has 0 unspecified atom stereocenters. The smallest absolute Gasteiger partial charge is 0.237 e. The molecule has 0 spiro atoms. The van der Waals surface area contributed by atoms with E-state index in [1.165, 1.54) is 6.42 Å². The molecule has 1 atom stereocenters. The van der Waals surface area contributed by atoms with Crippen LogP contribution in [0.25, 0.3) is 0 Å². The van der Waals surface area contributed by atoms with E-state index in [0.717, 1.165) is 31.6 Å². The van der Waals surface area contributed by atoms with Crippen LogP contribution in [0.3, 0.4) is 0 Å². The molecule has 1 aromatic heterocycles. The van der Waals surface area contributed by atoms with Crippen LogP contribution < -0.4 is 10.6 Å². The van der Waals surface area contributed by atoms with E-state index in [9.17, 15) is 4.79 Å². The van der Waals surface area contributed by atoms with Crippen molar-refractivity contribution in [3.63, 3.8) is 0 Å². The Balaban J connectivity index is 1.48. The summed E-state index contributed by atoms with van der Waals surface area (Å²) in [6, 6.07) is 3.73. The minimum atomic E-state index is -0.00205. The number of nitrogens with one attached hydrogen (secondary N) is 2. The number of piperidine rings is 1. The zero-order valence-electron chi connectivity index (χ0n) is 11.2. The minimum absolute atomic E-state index is 0.00205. The van der Waals surface area contributed by atoms with Gasteiger partial charge in [-0.1, -0.05) is 6.42 Å². The summed E-state index contributed by atoms with van der Waals surface area (Å²) in [7, 11) is 0. The number of hydrogen-bond donors (Lipinski definition) is 2. The molecule has 5 heteroatoms. The van der Waals surface area contributed by atoms with Gasteiger partial charge in [-0.15, -0.1) is 0 Å². The van der Waals surface area contributed by atoms with Crippen molar-refractivity contribution in [2.45, 2.75) is 38.3 Å². The highest BCUT2D eigenvalue weighted by atomic mass is 16.5. The number of ether oxygens (including phenoxy) is 1. The third kappa shape index (κ3) is 5.04. The number of furan rings is 1. The Kier molecular flexibility index (Phi) is 5.91. The largest absolute Gasteiger partial charge is 0.467 e. The Labute approximate surface area is 113 Å². The van der Waals surface area contributed by atoms with E-state index in [2.05, 4.69) is 10.6 Å². The molecule has 1 aliphatic heterocycles. The van der Waals surface area contributed by atoms with Crippen molar-refractivity contribution < 1.29 is 13.9 Å². The molecule has 0 saturated carbocycles. The monoisotopic (exact) mass is 266 g/mol. The van der Waals surface area contributed by atoms with Crippen molar-refractivity contribution in [1.82, 2.24) is 10.6 Å². The first-order chi connectivity index (χ1) is 9.36. The molecule has 2 N–H and O–H groups in total. The van der Waals surface area contributed by atoms with Crippen molar-refractivity contribution in [3.05, 3.63) is 24.2 Å². The predicted molar refractivity (Wildman–Crippen MR) is 71.6 cm³/mol. The highest BCUT2D eigenvalue weighted by Crippen LogP contribution is 2.06. The fraction of sp³-hybridized carbons (Fsp3) is 0.643. The normalized spacial score (nSPS) is 19.3. The molecule has 0 aromatic carbocycles. The summed E-state index contributed by atoms with van der Waals surface area (Å²) < 4.78 is 10.6. The molecule has 1 fully saturated rings. The fourth-order valence-electron chi connectivity index (χ4n) is 2.15. The van der Waals surface area contributed by atoms with Crippen LogP contribution in [-0.2, 0) is 16.1 Å². The van der Waals surface area contributed by atoms with Gasteiger partial charge in [0.1, 0.15) is 12.4 Å². The van der Waals surface area contributed by atoms with Gasteiger partial charge in [-0.2, -0.15) is 0 Å². The van der Waals surface area contributed by atoms with E-state index in [-0.39, 0.29) is 11.9 Å². The van der Waals surface area contributed by atoms with Crippen LogP contribution in [0.1, 0.15) is 31.4 Å². The maximum Gasteiger partial charge on any atom is 0.237 e. The molecule has 106 valence electrons. The van der Waals surface area contributed by atoms with Crippen LogP contribution in [-0.4, -0.2) is 31.6 Å². The van der Waals surface area contributed by atoms with Crippen LogP contribution in [0.4, 0.5) is 0 Å². The summed E-state index contributed by atoms with van der Waals surface area (Å²) in [6.45, 7) is 2.73. The highest BCUT2D eigenvalue weighted by Gasteiger charge is 2.19. The number of amides is 1. The third-order valence-corrected chi connectivity index (χ3v) is 3.22. The van der Waals surface area contributed by atoms with Crippen LogP contribution in [0, 0.1) is 0 Å². The lowest BCUT2D eigenvalue weighted by Gasteiger charge is -2.22. The summed E-state index contributed by atoms with van der Waals surface area (Å²) in [5, 5.41) is 6.17. The quantitative estimate of drug-likeness (QED) is 0.733. The van der Waals surface area contributed by atoms with E-state index in [1.54, 1.807) is 6.26 Å². The standard InChI is InChI=1S/C14H22N2O3/c17-14(13-6-1-2-7-15-13)16-8-4-9-18-11-12-5-3-10-19-12/h3,5,10,13,15H,1-2,4,6-9,11H2,(H,16,17)/t13-/m1/s1. The molecule has 0 bridgehead atoms. The first-order valence-corrected chi connectivity index (χ1v) is 6.97. The lowest BCUT2D eigenvalue weighted by molar-refractivity contribution is -0.123. The average Bonchev–Trinajstić information content (AvgIpc) is 2.96. The van der Waals surface area contributed by atoms with E-state index >= 15 is 0 Å². The molecule has 19 heavy (non-hydrogen) atoms. The number of rotatable bonds is 7. The van der Waals surface area contributed by atoms with E-state index in [0.29, 0.717) is 19.8 Å². The van der Waals surface area contributed by atoms with Gasteiger partial charge < -0.3 is 19.8 Å². The molecular weight excluding hydrogens is 244 g/mol. The zero-order valence-corrected chi connectivity index (χ0v) is 11.2. The van der Waals surface area contributed by atoms with Gasteiger partial charge >= 0.3 is 0 Å². The summed E-state index contributed by atoms with van der Waals surface area (Å²) >= 11 is 0. The lowest BCUT2D eigenvalue weighted by Crippen LogP contribution is -2.46. The Morgan fingerprint density at radius 3 is 3.21 bits per heavy atom. The van der Waals surface area contributed by atoms with Gasteiger partial charge in [0.2, 0.25) is 5.91 Å². The second kappa shape index (κ2) is 7.96. The molecule has 0 radical (unpaired) electrons. The van der Waals surface area contributed by atoms with E-state index in [4.69, 9.17) is 9.15 Å². The molecule has 2 heterocycles. The zero-order chi connectivity index (χ0) is 13.3. The molecule has 1 aromatic rings. The van der Waals surface area contributed by atoms with Gasteiger partial charge in [-0.3, -0.25) is 4.79 Å². The topological polar surface area (TPSA) is 63.5 Å². The van der Waals surface area contributed by atoms with Crippen LogP contribution in [0.5, 0.6) is 0 Å². The molecule has 1 amide bonds. The molecule has 0 aliphatic carbocycles. The number of carbonyl (C=O) groups is 1. The van der Waals surface area contributed by atoms with Crippen molar-refractivity contribution in [2.24, 2.45) is 0 Å². The number of carbonyl (C=O) groups excluding carboxylic acids is 1. The van der Waals surface area contributed by atoms with Crippen molar-refractivity contribution in [3.8, 4) is 0 Å². The van der Waals surface area contributed by atoms with E-state index < -0.39 is 0 Å². The fourth-order valence-corrected chi connectivity index (χ4v) is 2.15. The maximum absolute atomic E-state index is 11.8. The Bertz CT molecular complexity index is 359. The summed E-state index contributed by atoms with van der Waals surface area (Å²) in [5.41, 5.74) is 0. The molecular formula is C14H22N2O3. The van der Waals surface area contributed by atoms with Gasteiger partial charge in [0.15, 0.2) is 0 Å². The van der Waals surface area contributed by atoms with Crippen molar-refractivity contribution >= 4 is 5.91 Å². The lowest BCUT2D eigenvalue weighted by atomic mass is 10.0.